The lowest BCUT2D eigenvalue weighted by Gasteiger charge is -2.23. The first-order valence-electron chi connectivity index (χ1n) is 12.7. The van der Waals surface area contributed by atoms with E-state index in [-0.39, 0.29) is 17.9 Å². The first-order chi connectivity index (χ1) is 19.7. The molecule has 226 valence electrons. The number of methoxy groups -OCH3 is 2. The number of nitrogens with zero attached hydrogens (tertiary/aromatic N) is 4. The molecule has 14 heteroatoms. The maximum absolute atomic E-state index is 11.8. The lowest BCUT2D eigenvalue weighted by molar-refractivity contribution is -0.169. The molecule has 0 aromatic carbocycles. The van der Waals surface area contributed by atoms with Gasteiger partial charge in [0.25, 0.3) is 0 Å². The number of pyridine rings is 2. The Labute approximate surface area is 241 Å². The molecule has 2 aromatic heterocycles. The zero-order valence-electron chi connectivity index (χ0n) is 23.9. The van der Waals surface area contributed by atoms with Crippen LogP contribution in [0.4, 0.5) is 13.2 Å². The van der Waals surface area contributed by atoms with E-state index >= 15 is 0 Å². The number of hydrogen-bond acceptors (Lipinski definition) is 8. The van der Waals surface area contributed by atoms with E-state index in [0.29, 0.717) is 40.1 Å². The molecule has 1 saturated heterocycles. The van der Waals surface area contributed by atoms with Crippen molar-refractivity contribution in [2.45, 2.75) is 45.5 Å². The molecule has 4 rings (SSSR count). The lowest BCUT2D eigenvalue weighted by atomic mass is 9.99. The van der Waals surface area contributed by atoms with Gasteiger partial charge in [-0.15, -0.1) is 6.42 Å². The number of piperidine rings is 1. The second-order valence-corrected chi connectivity index (χ2v) is 10.3. The number of nitrogens with two attached hydrogens (primary N) is 1. The van der Waals surface area contributed by atoms with Gasteiger partial charge in [-0.05, 0) is 24.2 Å². The summed E-state index contributed by atoms with van der Waals surface area (Å²) >= 11 is 0. The molecule has 3 unspecified atom stereocenters. The van der Waals surface area contributed by atoms with Crippen LogP contribution in [0.2, 0.25) is 0 Å². The highest BCUT2D eigenvalue weighted by atomic mass is 19.4. The number of nitriles is 1. The largest absolute Gasteiger partial charge is 0.480 e. The predicted octanol–water partition coefficient (Wildman–Crippen LogP) is 2.49. The summed E-state index contributed by atoms with van der Waals surface area (Å²) in [5.74, 6) is 2.30. The van der Waals surface area contributed by atoms with E-state index in [2.05, 4.69) is 40.8 Å². The summed E-state index contributed by atoms with van der Waals surface area (Å²) < 4.78 is 42.3. The first kappa shape index (κ1) is 33.8. The highest BCUT2D eigenvalue weighted by Crippen LogP contribution is 2.61. The monoisotopic (exact) mass is 590 g/mol. The molecule has 0 spiro atoms. The molecular weight excluding hydrogens is 557 g/mol. The minimum atomic E-state index is -4.86. The number of primary amides is 1. The van der Waals surface area contributed by atoms with E-state index in [1.807, 2.05) is 17.9 Å². The van der Waals surface area contributed by atoms with Gasteiger partial charge >= 0.3 is 12.1 Å². The van der Waals surface area contributed by atoms with Crippen molar-refractivity contribution in [2.75, 3.05) is 27.3 Å². The highest BCUT2D eigenvalue weighted by Gasteiger charge is 2.62. The average Bonchev–Trinajstić information content (AvgIpc) is 3.26. The fourth-order valence-electron chi connectivity index (χ4n) is 4.75. The SMILES string of the molecule is C#Cc1c(OC)ncc2cncc(C(C#N)NC=O)c12.CO[C@H](C)CC(=O)N1CC2C(C1)C2(C)C.NC(=O)C(F)(F)F. The van der Waals surface area contributed by atoms with Crippen LogP contribution >= 0.6 is 0 Å². The number of carbonyl (C=O) groups is 3. The summed E-state index contributed by atoms with van der Waals surface area (Å²) in [4.78, 5) is 41.7. The molecule has 0 radical (unpaired) electrons. The number of fused-ring (bicyclic) bond motifs is 2. The molecule has 4 atom stereocenters. The van der Waals surface area contributed by atoms with E-state index < -0.39 is 18.1 Å². The van der Waals surface area contributed by atoms with Gasteiger partial charge in [0.1, 0.15) is 6.04 Å². The number of likely N-dealkylation sites (tertiary alicyclic amines) is 1. The third-order valence-corrected chi connectivity index (χ3v) is 7.42. The third kappa shape index (κ3) is 7.85. The molecular formula is C28H33F3N6O5. The summed E-state index contributed by atoms with van der Waals surface area (Å²) in [5, 5.41) is 12.9. The topological polar surface area (TPSA) is 161 Å². The maximum atomic E-state index is 11.8. The fraction of sp³-hybridized carbons (Fsp3) is 0.500. The van der Waals surface area contributed by atoms with Crippen molar-refractivity contribution in [3.05, 3.63) is 29.7 Å². The molecule has 42 heavy (non-hydrogen) atoms. The van der Waals surface area contributed by atoms with Crippen molar-refractivity contribution in [1.29, 1.82) is 5.26 Å². The zero-order chi connectivity index (χ0) is 31.8. The van der Waals surface area contributed by atoms with Crippen LogP contribution in [0.15, 0.2) is 18.6 Å². The maximum Gasteiger partial charge on any atom is 0.470 e. The number of aromatic nitrogens is 2. The minimum Gasteiger partial charge on any atom is -0.480 e. The van der Waals surface area contributed by atoms with Crippen molar-refractivity contribution in [1.82, 2.24) is 20.2 Å². The van der Waals surface area contributed by atoms with Gasteiger partial charge in [0.05, 0.1) is 31.3 Å². The Hall–Kier alpha value is -4.43. The van der Waals surface area contributed by atoms with Crippen molar-refractivity contribution < 1.29 is 37.0 Å². The summed E-state index contributed by atoms with van der Waals surface area (Å²) in [7, 11) is 3.11. The third-order valence-electron chi connectivity index (χ3n) is 7.42. The lowest BCUT2D eigenvalue weighted by Crippen LogP contribution is -2.34. The number of alkyl halides is 3. The minimum absolute atomic E-state index is 0.0439. The van der Waals surface area contributed by atoms with Crippen LogP contribution in [-0.4, -0.2) is 72.7 Å². The number of rotatable bonds is 7. The molecule has 2 fully saturated rings. The van der Waals surface area contributed by atoms with Gasteiger partial charge in [-0.1, -0.05) is 19.8 Å². The normalized spacial score (nSPS) is 19.2. The summed E-state index contributed by atoms with van der Waals surface area (Å²) in [5.41, 5.74) is 5.23. The average molecular weight is 591 g/mol. The van der Waals surface area contributed by atoms with Gasteiger partial charge in [0, 0.05) is 55.1 Å². The van der Waals surface area contributed by atoms with E-state index in [4.69, 9.17) is 26.0 Å². The number of ether oxygens (including phenoxy) is 2. The standard InChI is InChI=1S/C14H10N4O2.C12H21NO2.C2H2F3NO/c1-3-10-13-9(6-17-14(10)20-2)5-16-7-11(13)12(4-15)18-8-19;1-8(15-4)5-11(14)13-6-9-10(7-13)12(9,2)3;3-2(4,5)1(6)7/h1,5-8,12H,2H3,(H,18,19);8-10H,5-7H2,1-4H3;(H2,6,7)/t;8-,9?,10?;/m.1./s1. The first-order valence-corrected chi connectivity index (χ1v) is 12.7. The number of terminal acetylenes is 1. The van der Waals surface area contributed by atoms with Crippen LogP contribution < -0.4 is 15.8 Å². The zero-order valence-corrected chi connectivity index (χ0v) is 23.9. The molecule has 2 aliphatic rings. The van der Waals surface area contributed by atoms with E-state index in [0.717, 1.165) is 24.9 Å². The van der Waals surface area contributed by atoms with Crippen molar-refractivity contribution in [3.63, 3.8) is 0 Å². The highest BCUT2D eigenvalue weighted by molar-refractivity contribution is 5.92. The summed E-state index contributed by atoms with van der Waals surface area (Å²) in [6.45, 7) is 8.49. The molecule has 2 aromatic rings. The molecule has 3 N–H and O–H groups in total. The van der Waals surface area contributed by atoms with Crippen LogP contribution in [0.3, 0.4) is 0 Å². The molecule has 1 aliphatic carbocycles. The van der Waals surface area contributed by atoms with Crippen LogP contribution in [0.25, 0.3) is 10.8 Å². The smallest absolute Gasteiger partial charge is 0.470 e. The van der Waals surface area contributed by atoms with Crippen molar-refractivity contribution in [2.24, 2.45) is 23.0 Å². The van der Waals surface area contributed by atoms with Crippen LogP contribution in [-0.2, 0) is 19.1 Å². The van der Waals surface area contributed by atoms with Gasteiger partial charge < -0.3 is 25.4 Å². The Morgan fingerprint density at radius 3 is 2.33 bits per heavy atom. The summed E-state index contributed by atoms with van der Waals surface area (Å²) in [6.07, 6.45) is 6.31. The Morgan fingerprint density at radius 2 is 1.88 bits per heavy atom. The van der Waals surface area contributed by atoms with E-state index in [1.165, 1.54) is 13.3 Å². The molecule has 1 saturated carbocycles. The van der Waals surface area contributed by atoms with Gasteiger partial charge in [0.15, 0.2) is 0 Å². The van der Waals surface area contributed by atoms with Gasteiger partial charge in [-0.2, -0.15) is 18.4 Å². The van der Waals surface area contributed by atoms with Gasteiger partial charge in [-0.25, -0.2) is 4.98 Å². The Morgan fingerprint density at radius 1 is 1.29 bits per heavy atom. The Kier molecular flexibility index (Phi) is 11.2. The number of halogens is 3. The Bertz CT molecular complexity index is 1370. The molecule has 3 heterocycles. The second-order valence-electron chi connectivity index (χ2n) is 10.3. The number of nitrogens with one attached hydrogen (secondary N) is 1. The Balaban J connectivity index is 0.000000246. The number of amides is 3. The van der Waals surface area contributed by atoms with E-state index in [9.17, 15) is 22.8 Å². The van der Waals surface area contributed by atoms with Crippen LogP contribution in [0.5, 0.6) is 5.88 Å². The number of carbonyl (C=O) groups excluding carboxylic acids is 3. The van der Waals surface area contributed by atoms with Crippen LogP contribution in [0.1, 0.15) is 44.4 Å². The second kappa shape index (κ2) is 14.0. The van der Waals surface area contributed by atoms with Gasteiger partial charge in [0.2, 0.25) is 18.2 Å². The molecule has 3 amide bonds. The predicted molar refractivity (Wildman–Crippen MR) is 145 cm³/mol. The number of hydrogen-bond donors (Lipinski definition) is 2. The van der Waals surface area contributed by atoms with Gasteiger partial charge in [-0.3, -0.25) is 19.4 Å². The van der Waals surface area contributed by atoms with Crippen molar-refractivity contribution >= 4 is 29.0 Å². The fourth-order valence-corrected chi connectivity index (χ4v) is 4.75. The quantitative estimate of drug-likeness (QED) is 0.367. The molecule has 1 aliphatic heterocycles. The van der Waals surface area contributed by atoms with Crippen LogP contribution in [0, 0.1) is 40.9 Å². The molecule has 0 bridgehead atoms. The van der Waals surface area contributed by atoms with E-state index in [1.54, 1.807) is 19.5 Å². The molecule has 11 nitrogen and oxygen atoms in total. The van der Waals surface area contributed by atoms with Crippen molar-refractivity contribution in [3.8, 4) is 24.3 Å². The summed E-state index contributed by atoms with van der Waals surface area (Å²) in [6, 6.07) is 1.14.